The molecule has 1 amide bonds. The number of hydrogen-bond acceptors (Lipinski definition) is 4. The fourth-order valence-electron chi connectivity index (χ4n) is 3.93. The Kier molecular flexibility index (Phi) is 4.60. The van der Waals surface area contributed by atoms with Crippen LogP contribution in [0.25, 0.3) is 10.8 Å². The molecule has 28 heavy (non-hydrogen) atoms. The minimum atomic E-state index is -1.09. The lowest BCUT2D eigenvalue weighted by Crippen LogP contribution is -2.51. The molecule has 0 radical (unpaired) electrons. The van der Waals surface area contributed by atoms with E-state index in [9.17, 15) is 19.8 Å². The van der Waals surface area contributed by atoms with Gasteiger partial charge in [0.2, 0.25) is 0 Å². The topological polar surface area (TPSA) is 95.7 Å². The largest absolute Gasteiger partial charge is 0.465 e. The number of aliphatic hydroxyl groups excluding tert-OH is 1. The van der Waals surface area contributed by atoms with Crippen molar-refractivity contribution in [3.8, 4) is 0 Å². The number of hydrogen-bond donors (Lipinski definition) is 2. The predicted molar refractivity (Wildman–Crippen MR) is 104 cm³/mol. The lowest BCUT2D eigenvalue weighted by Gasteiger charge is -2.37. The van der Waals surface area contributed by atoms with Gasteiger partial charge in [0.15, 0.2) is 0 Å². The molecular formula is C21H21N3O4. The van der Waals surface area contributed by atoms with E-state index in [-0.39, 0.29) is 18.6 Å². The Balaban J connectivity index is 1.67. The highest BCUT2D eigenvalue weighted by atomic mass is 16.4. The first kappa shape index (κ1) is 18.2. The number of aliphatic hydroxyl groups is 1. The van der Waals surface area contributed by atoms with Gasteiger partial charge in [0.05, 0.1) is 29.8 Å². The number of fused-ring (bicyclic) bond motifs is 2. The maximum absolute atomic E-state index is 12.8. The Bertz CT molecular complexity index is 1110. The number of nitrogens with zero attached hydrogens (tertiary/aromatic N) is 3. The summed E-state index contributed by atoms with van der Waals surface area (Å²) in [5.41, 5.74) is 2.34. The molecule has 2 atom stereocenters. The van der Waals surface area contributed by atoms with E-state index >= 15 is 0 Å². The minimum absolute atomic E-state index is 0.0683. The summed E-state index contributed by atoms with van der Waals surface area (Å²) in [6.07, 6.45) is -1.76. The second-order valence-corrected chi connectivity index (χ2v) is 7.14. The summed E-state index contributed by atoms with van der Waals surface area (Å²) in [6, 6.07) is 14.2. The van der Waals surface area contributed by atoms with Gasteiger partial charge in [-0.05, 0) is 30.5 Å². The van der Waals surface area contributed by atoms with E-state index in [1.54, 1.807) is 12.1 Å². The van der Waals surface area contributed by atoms with E-state index in [0.717, 1.165) is 16.5 Å². The smallest absolute Gasteiger partial charge is 0.407 e. The van der Waals surface area contributed by atoms with E-state index in [0.29, 0.717) is 17.5 Å². The third kappa shape index (κ3) is 3.14. The van der Waals surface area contributed by atoms with Crippen LogP contribution in [0, 0.1) is 6.92 Å². The van der Waals surface area contributed by atoms with Crippen LogP contribution in [-0.2, 0) is 19.5 Å². The highest BCUT2D eigenvalue weighted by Crippen LogP contribution is 2.25. The lowest BCUT2D eigenvalue weighted by atomic mass is 9.91. The number of carbonyl (C=O) groups is 1. The zero-order valence-electron chi connectivity index (χ0n) is 15.4. The third-order valence-electron chi connectivity index (χ3n) is 5.39. The molecule has 1 aliphatic rings. The molecule has 7 heteroatoms. The highest BCUT2D eigenvalue weighted by molar-refractivity contribution is 5.83. The molecule has 0 spiro atoms. The Labute approximate surface area is 161 Å². The molecule has 144 valence electrons. The number of amides is 1. The number of rotatable bonds is 3. The van der Waals surface area contributed by atoms with Crippen molar-refractivity contribution in [2.45, 2.75) is 38.6 Å². The highest BCUT2D eigenvalue weighted by Gasteiger charge is 2.34. The molecule has 1 aliphatic heterocycles. The van der Waals surface area contributed by atoms with Gasteiger partial charge >= 0.3 is 6.09 Å². The van der Waals surface area contributed by atoms with Crippen molar-refractivity contribution in [3.05, 3.63) is 75.7 Å². The van der Waals surface area contributed by atoms with Gasteiger partial charge in [-0.15, -0.1) is 0 Å². The van der Waals surface area contributed by atoms with E-state index in [2.05, 4.69) is 5.10 Å². The van der Waals surface area contributed by atoms with Gasteiger partial charge in [-0.2, -0.15) is 5.10 Å². The van der Waals surface area contributed by atoms with Gasteiger partial charge in [0, 0.05) is 11.9 Å². The third-order valence-corrected chi connectivity index (χ3v) is 5.39. The maximum atomic E-state index is 12.8. The van der Waals surface area contributed by atoms with Gasteiger partial charge in [0.1, 0.15) is 0 Å². The summed E-state index contributed by atoms with van der Waals surface area (Å²) in [5.74, 6) is 0. The molecule has 0 aliphatic carbocycles. The zero-order chi connectivity index (χ0) is 19.8. The maximum Gasteiger partial charge on any atom is 0.407 e. The van der Waals surface area contributed by atoms with E-state index in [1.165, 1.54) is 9.58 Å². The Morgan fingerprint density at radius 1 is 1.14 bits per heavy atom. The number of aromatic nitrogens is 2. The SMILES string of the molecule is Cc1nn(C[C@@H](O)C2Cc3ccccc3CN2C(=O)O)c(=O)c2ccccc12. The fourth-order valence-corrected chi connectivity index (χ4v) is 3.93. The molecule has 3 aromatic rings. The molecule has 0 saturated heterocycles. The molecule has 1 unspecified atom stereocenters. The monoisotopic (exact) mass is 379 g/mol. The van der Waals surface area contributed by atoms with Gasteiger partial charge < -0.3 is 10.2 Å². The van der Waals surface area contributed by atoms with E-state index in [4.69, 9.17) is 0 Å². The molecule has 1 aromatic heterocycles. The van der Waals surface area contributed by atoms with Crippen molar-refractivity contribution >= 4 is 16.9 Å². The van der Waals surface area contributed by atoms with E-state index in [1.807, 2.05) is 43.3 Å². The Hall–Kier alpha value is -3.19. The van der Waals surface area contributed by atoms with Crippen LogP contribution in [0.1, 0.15) is 16.8 Å². The quantitative estimate of drug-likeness (QED) is 0.727. The summed E-state index contributed by atoms with van der Waals surface area (Å²) in [7, 11) is 0. The average Bonchev–Trinajstić information content (AvgIpc) is 2.70. The molecule has 0 bridgehead atoms. The van der Waals surface area contributed by atoms with Gasteiger partial charge in [-0.3, -0.25) is 9.69 Å². The van der Waals surface area contributed by atoms with Gasteiger partial charge in [-0.25, -0.2) is 9.48 Å². The molecule has 2 N–H and O–H groups in total. The lowest BCUT2D eigenvalue weighted by molar-refractivity contribution is 0.0274. The molecular weight excluding hydrogens is 358 g/mol. The van der Waals surface area contributed by atoms with Crippen LogP contribution < -0.4 is 5.56 Å². The normalized spacial score (nSPS) is 17.4. The van der Waals surface area contributed by atoms with Crippen LogP contribution in [0.3, 0.4) is 0 Å². The first-order valence-electron chi connectivity index (χ1n) is 9.16. The molecule has 7 nitrogen and oxygen atoms in total. The Morgan fingerprint density at radius 2 is 1.79 bits per heavy atom. The Morgan fingerprint density at radius 3 is 2.50 bits per heavy atom. The molecule has 2 aromatic carbocycles. The summed E-state index contributed by atoms with van der Waals surface area (Å²) in [4.78, 5) is 25.8. The van der Waals surface area contributed by atoms with Crippen LogP contribution >= 0.6 is 0 Å². The van der Waals surface area contributed by atoms with Crippen LogP contribution in [0.15, 0.2) is 53.3 Å². The van der Waals surface area contributed by atoms with Crippen molar-refractivity contribution in [3.63, 3.8) is 0 Å². The van der Waals surface area contributed by atoms with Crippen LogP contribution in [0.2, 0.25) is 0 Å². The van der Waals surface area contributed by atoms with Crippen molar-refractivity contribution in [2.75, 3.05) is 0 Å². The number of benzene rings is 2. The first-order chi connectivity index (χ1) is 13.5. The van der Waals surface area contributed by atoms with Crippen LogP contribution in [-0.4, -0.2) is 43.1 Å². The van der Waals surface area contributed by atoms with Crippen molar-refractivity contribution in [2.24, 2.45) is 0 Å². The standard InChI is InChI=1S/C21H21N3O4/c1-13-16-8-4-5-9-17(16)20(26)24(22-13)12-19(25)18-10-14-6-2-3-7-15(14)11-23(18)21(27)28/h2-9,18-19,25H,10-12H2,1H3,(H,27,28)/t18?,19-/m1/s1. The van der Waals surface area contributed by atoms with Gasteiger partial charge in [0.25, 0.3) is 5.56 Å². The summed E-state index contributed by atoms with van der Waals surface area (Å²) in [6.45, 7) is 1.96. The second-order valence-electron chi connectivity index (χ2n) is 7.14. The van der Waals surface area contributed by atoms with Crippen molar-refractivity contribution in [1.29, 1.82) is 0 Å². The molecule has 2 heterocycles. The number of carboxylic acid groups (broad SMARTS) is 1. The summed E-state index contributed by atoms with van der Waals surface area (Å²) >= 11 is 0. The zero-order valence-corrected chi connectivity index (χ0v) is 15.4. The van der Waals surface area contributed by atoms with Crippen molar-refractivity contribution < 1.29 is 15.0 Å². The second kappa shape index (κ2) is 7.09. The minimum Gasteiger partial charge on any atom is -0.465 e. The van der Waals surface area contributed by atoms with Crippen LogP contribution in [0.4, 0.5) is 4.79 Å². The molecule has 0 saturated carbocycles. The fraction of sp³-hybridized carbons (Fsp3) is 0.286. The van der Waals surface area contributed by atoms with Gasteiger partial charge in [-0.1, -0.05) is 42.5 Å². The number of aryl methyl sites for hydroxylation is 1. The first-order valence-corrected chi connectivity index (χ1v) is 9.16. The molecule has 4 rings (SSSR count). The van der Waals surface area contributed by atoms with Crippen LogP contribution in [0.5, 0.6) is 0 Å². The summed E-state index contributed by atoms with van der Waals surface area (Å²) < 4.78 is 1.24. The van der Waals surface area contributed by atoms with E-state index < -0.39 is 18.2 Å². The molecule has 0 fully saturated rings. The predicted octanol–water partition coefficient (Wildman–Crippen LogP) is 2.17. The van der Waals surface area contributed by atoms with Crippen molar-refractivity contribution in [1.82, 2.24) is 14.7 Å². The summed E-state index contributed by atoms with van der Waals surface area (Å²) in [5, 5.41) is 26.1. The average molecular weight is 379 g/mol.